The van der Waals surface area contributed by atoms with Crippen LogP contribution < -0.4 is 9.84 Å². The Bertz CT molecular complexity index is 570. The molecule has 0 saturated heterocycles. The van der Waals surface area contributed by atoms with Crippen molar-refractivity contribution < 1.29 is 23.7 Å². The van der Waals surface area contributed by atoms with Crippen molar-refractivity contribution in [3.05, 3.63) is 29.8 Å². The highest BCUT2D eigenvalue weighted by Gasteiger charge is 2.15. The molecular formula is C20H34NO5P. The molecule has 1 aromatic carbocycles. The summed E-state index contributed by atoms with van der Waals surface area (Å²) >= 11 is 0. The number of nitrogens with one attached hydrogen (secondary N) is 1. The molecule has 0 aromatic heterocycles. The molecular weight excluding hydrogens is 365 g/mol. The van der Waals surface area contributed by atoms with Gasteiger partial charge in [-0.15, -0.1) is 0 Å². The van der Waals surface area contributed by atoms with Crippen LogP contribution in [-0.4, -0.2) is 22.2 Å². The van der Waals surface area contributed by atoms with Crippen LogP contribution in [0.5, 0.6) is 5.75 Å². The largest absolute Gasteiger partial charge is 0.524 e. The third kappa shape index (κ3) is 13.5. The lowest BCUT2D eigenvalue weighted by molar-refractivity contribution is -0.121. The summed E-state index contributed by atoms with van der Waals surface area (Å²) in [6.45, 7) is 2.78. The highest BCUT2D eigenvalue weighted by atomic mass is 31.2. The molecule has 0 aliphatic heterocycles. The van der Waals surface area contributed by atoms with Crippen LogP contribution >= 0.6 is 7.82 Å². The zero-order chi connectivity index (χ0) is 20.0. The van der Waals surface area contributed by atoms with Gasteiger partial charge in [-0.1, -0.05) is 70.4 Å². The number of phosphoric ester groups is 1. The molecule has 0 aliphatic carbocycles. The summed E-state index contributed by atoms with van der Waals surface area (Å²) in [5.41, 5.74) is 0.969. The first-order valence-corrected chi connectivity index (χ1v) is 11.5. The molecule has 6 nitrogen and oxygen atoms in total. The molecule has 154 valence electrons. The van der Waals surface area contributed by atoms with Crippen molar-refractivity contribution in [1.82, 2.24) is 5.32 Å². The van der Waals surface area contributed by atoms with Gasteiger partial charge in [0, 0.05) is 13.0 Å². The number of amides is 1. The second kappa shape index (κ2) is 13.8. The molecule has 0 saturated carbocycles. The van der Waals surface area contributed by atoms with E-state index in [0.717, 1.165) is 18.4 Å². The van der Waals surface area contributed by atoms with Gasteiger partial charge in [0.1, 0.15) is 5.75 Å². The van der Waals surface area contributed by atoms with E-state index in [1.165, 1.54) is 57.1 Å². The number of phosphoric acid groups is 1. The third-order valence-electron chi connectivity index (χ3n) is 4.39. The van der Waals surface area contributed by atoms with Crippen molar-refractivity contribution in [3.63, 3.8) is 0 Å². The summed E-state index contributed by atoms with van der Waals surface area (Å²) in [5.74, 6) is 0.209. The maximum atomic E-state index is 11.8. The number of carbonyl (C=O) groups excluding carboxylic acids is 1. The molecule has 0 radical (unpaired) electrons. The topological polar surface area (TPSA) is 95.9 Å². The Morgan fingerprint density at radius 1 is 0.963 bits per heavy atom. The molecule has 3 N–H and O–H groups in total. The van der Waals surface area contributed by atoms with Gasteiger partial charge < -0.3 is 9.84 Å². The van der Waals surface area contributed by atoms with Crippen molar-refractivity contribution >= 4 is 13.7 Å². The SMILES string of the molecule is CCCCCCCCCCCC(=O)NCCc1ccc(OP(=O)(O)O)cc1. The molecule has 0 spiro atoms. The fraction of sp³-hybridized carbons (Fsp3) is 0.650. The quantitative estimate of drug-likeness (QED) is 0.292. The monoisotopic (exact) mass is 399 g/mol. The highest BCUT2D eigenvalue weighted by molar-refractivity contribution is 7.46. The summed E-state index contributed by atoms with van der Waals surface area (Å²) in [6, 6.07) is 6.49. The minimum Gasteiger partial charge on any atom is -0.404 e. The van der Waals surface area contributed by atoms with Gasteiger partial charge in [0.2, 0.25) is 5.91 Å². The smallest absolute Gasteiger partial charge is 0.404 e. The fourth-order valence-electron chi connectivity index (χ4n) is 2.89. The minimum absolute atomic E-state index is 0.0828. The van der Waals surface area contributed by atoms with Crippen LogP contribution in [0.1, 0.15) is 76.7 Å². The van der Waals surface area contributed by atoms with Gasteiger partial charge in [-0.25, -0.2) is 4.57 Å². The van der Waals surface area contributed by atoms with Crippen molar-refractivity contribution in [2.75, 3.05) is 6.54 Å². The summed E-state index contributed by atoms with van der Waals surface area (Å²) in [5, 5.41) is 2.91. The van der Waals surface area contributed by atoms with E-state index in [-0.39, 0.29) is 11.7 Å². The van der Waals surface area contributed by atoms with Gasteiger partial charge in [-0.3, -0.25) is 14.6 Å². The summed E-state index contributed by atoms with van der Waals surface area (Å²) in [6.07, 6.45) is 12.4. The zero-order valence-corrected chi connectivity index (χ0v) is 17.3. The lowest BCUT2D eigenvalue weighted by atomic mass is 10.1. The van der Waals surface area contributed by atoms with Crippen LogP contribution in [0.4, 0.5) is 0 Å². The maximum Gasteiger partial charge on any atom is 0.524 e. The second-order valence-electron chi connectivity index (χ2n) is 6.90. The first-order chi connectivity index (χ1) is 12.9. The van der Waals surface area contributed by atoms with Crippen LogP contribution in [0.25, 0.3) is 0 Å². The molecule has 7 heteroatoms. The molecule has 0 atom stereocenters. The van der Waals surface area contributed by atoms with E-state index in [0.29, 0.717) is 19.4 Å². The number of rotatable bonds is 15. The van der Waals surface area contributed by atoms with E-state index in [4.69, 9.17) is 9.79 Å². The number of benzene rings is 1. The van der Waals surface area contributed by atoms with Crippen molar-refractivity contribution in [2.45, 2.75) is 77.6 Å². The Kier molecular flexibility index (Phi) is 12.1. The third-order valence-corrected chi connectivity index (χ3v) is 4.84. The van der Waals surface area contributed by atoms with Gasteiger partial charge in [0.25, 0.3) is 0 Å². The first-order valence-electron chi connectivity index (χ1n) is 10.0. The van der Waals surface area contributed by atoms with E-state index in [9.17, 15) is 9.36 Å². The summed E-state index contributed by atoms with van der Waals surface area (Å²) < 4.78 is 15.2. The van der Waals surface area contributed by atoms with Crippen LogP contribution in [0.2, 0.25) is 0 Å². The van der Waals surface area contributed by atoms with Gasteiger partial charge in [0.05, 0.1) is 0 Å². The van der Waals surface area contributed by atoms with Crippen molar-refractivity contribution in [1.29, 1.82) is 0 Å². The van der Waals surface area contributed by atoms with Gasteiger partial charge in [-0.2, -0.15) is 0 Å². The molecule has 1 amide bonds. The van der Waals surface area contributed by atoms with Gasteiger partial charge in [0.15, 0.2) is 0 Å². The van der Waals surface area contributed by atoms with E-state index in [1.54, 1.807) is 12.1 Å². The highest BCUT2D eigenvalue weighted by Crippen LogP contribution is 2.37. The van der Waals surface area contributed by atoms with Crippen molar-refractivity contribution in [2.24, 2.45) is 0 Å². The summed E-state index contributed by atoms with van der Waals surface area (Å²) in [7, 11) is -4.52. The van der Waals surface area contributed by atoms with Crippen LogP contribution in [0, 0.1) is 0 Å². The number of carbonyl (C=O) groups is 1. The Balaban J connectivity index is 2.04. The maximum absolute atomic E-state index is 11.8. The standard InChI is InChI=1S/C20H34NO5P/c1-2-3-4-5-6-7-8-9-10-11-20(22)21-17-16-18-12-14-19(15-13-18)26-27(23,24)25/h12-15H,2-11,16-17H2,1H3,(H,21,22)(H2,23,24,25). The molecule has 0 aliphatic rings. The fourth-order valence-corrected chi connectivity index (χ4v) is 3.28. The van der Waals surface area contributed by atoms with E-state index < -0.39 is 7.82 Å². The second-order valence-corrected chi connectivity index (χ2v) is 8.07. The van der Waals surface area contributed by atoms with Gasteiger partial charge >= 0.3 is 7.82 Å². The lowest BCUT2D eigenvalue weighted by Gasteiger charge is -2.08. The molecule has 1 rings (SSSR count). The lowest BCUT2D eigenvalue weighted by Crippen LogP contribution is -2.25. The predicted octanol–water partition coefficient (Wildman–Crippen LogP) is 4.74. The molecule has 0 unspecified atom stereocenters. The molecule has 0 heterocycles. The van der Waals surface area contributed by atoms with Crippen LogP contribution in [0.15, 0.2) is 24.3 Å². The summed E-state index contributed by atoms with van der Waals surface area (Å²) in [4.78, 5) is 29.3. The first kappa shape index (κ1) is 23.7. The number of hydrogen-bond acceptors (Lipinski definition) is 3. The average Bonchev–Trinajstić information content (AvgIpc) is 2.60. The molecule has 0 fully saturated rings. The Morgan fingerprint density at radius 2 is 1.52 bits per heavy atom. The normalized spacial score (nSPS) is 11.4. The zero-order valence-electron chi connectivity index (χ0n) is 16.4. The van der Waals surface area contributed by atoms with Crippen LogP contribution in [-0.2, 0) is 15.8 Å². The van der Waals surface area contributed by atoms with Gasteiger partial charge in [-0.05, 0) is 30.5 Å². The average molecular weight is 399 g/mol. The van der Waals surface area contributed by atoms with E-state index in [1.807, 2.05) is 0 Å². The van der Waals surface area contributed by atoms with Crippen LogP contribution in [0.3, 0.4) is 0 Å². The molecule has 27 heavy (non-hydrogen) atoms. The van der Waals surface area contributed by atoms with E-state index in [2.05, 4.69) is 16.8 Å². The number of hydrogen-bond donors (Lipinski definition) is 3. The minimum atomic E-state index is -4.52. The van der Waals surface area contributed by atoms with Crippen molar-refractivity contribution in [3.8, 4) is 5.75 Å². The van der Waals surface area contributed by atoms with E-state index >= 15 is 0 Å². The Morgan fingerprint density at radius 3 is 2.07 bits per heavy atom. The molecule has 0 bridgehead atoms. The number of unbranched alkanes of at least 4 members (excludes halogenated alkanes) is 8. The Hall–Kier alpha value is -1.36. The molecule has 1 aromatic rings. The Labute approximate surface area is 163 Å². The predicted molar refractivity (Wildman–Crippen MR) is 108 cm³/mol.